The van der Waals surface area contributed by atoms with E-state index < -0.39 is 0 Å². The van der Waals surface area contributed by atoms with Gasteiger partial charge in [-0.1, -0.05) is 26.0 Å². The summed E-state index contributed by atoms with van der Waals surface area (Å²) in [6, 6.07) is 12.5. The van der Waals surface area contributed by atoms with Crippen molar-refractivity contribution < 1.29 is 14.3 Å². The van der Waals surface area contributed by atoms with Crippen molar-refractivity contribution in [2.24, 2.45) is 5.10 Å². The number of piperazine rings is 1. The zero-order valence-corrected chi connectivity index (χ0v) is 20.1. The van der Waals surface area contributed by atoms with Crippen molar-refractivity contribution in [2.45, 2.75) is 39.2 Å². The maximum atomic E-state index is 12.9. The average Bonchev–Trinajstić information content (AvgIpc) is 3.04. The van der Waals surface area contributed by atoms with Crippen LogP contribution in [0.4, 0.5) is 5.69 Å². The molecule has 2 aliphatic rings. The van der Waals surface area contributed by atoms with E-state index >= 15 is 0 Å². The van der Waals surface area contributed by atoms with Gasteiger partial charge in [0.2, 0.25) is 5.91 Å². The van der Waals surface area contributed by atoms with Crippen molar-refractivity contribution in [3.8, 4) is 11.5 Å². The quantitative estimate of drug-likeness (QED) is 0.730. The van der Waals surface area contributed by atoms with Crippen molar-refractivity contribution in [1.29, 1.82) is 0 Å². The van der Waals surface area contributed by atoms with Crippen LogP contribution in [0.3, 0.4) is 0 Å². The molecule has 0 saturated carbocycles. The predicted molar refractivity (Wildman–Crippen MR) is 132 cm³/mol. The van der Waals surface area contributed by atoms with Crippen LogP contribution >= 0.6 is 0 Å². The van der Waals surface area contributed by atoms with Crippen molar-refractivity contribution in [1.82, 2.24) is 10.3 Å². The van der Waals surface area contributed by atoms with E-state index in [2.05, 4.69) is 41.4 Å². The highest BCUT2D eigenvalue weighted by Crippen LogP contribution is 2.35. The van der Waals surface area contributed by atoms with E-state index in [1.807, 2.05) is 19.1 Å². The highest BCUT2D eigenvalue weighted by molar-refractivity contribution is 6.14. The van der Waals surface area contributed by atoms with E-state index in [-0.39, 0.29) is 11.9 Å². The Kier molecular flexibility index (Phi) is 7.18. The molecule has 176 valence electrons. The van der Waals surface area contributed by atoms with Crippen LogP contribution in [0.5, 0.6) is 11.5 Å². The summed E-state index contributed by atoms with van der Waals surface area (Å²) in [4.78, 5) is 15.3. The lowest BCUT2D eigenvalue weighted by molar-refractivity contribution is -0.133. The molecule has 1 fully saturated rings. The highest BCUT2D eigenvalue weighted by Gasteiger charge is 2.29. The standard InChI is InChI=1S/C26H34N4O3/c1-5-20-15-19-16-23(32-3)24(33-4)17-22(19)26(28-30(20)25(31)6-2)18-7-9-21(10-8-18)29-13-11-27-12-14-29/h7-10,16-17,20,27H,5-6,11-15H2,1-4H3/t20-/m1/s1. The first-order chi connectivity index (χ1) is 16.1. The summed E-state index contributed by atoms with van der Waals surface area (Å²) in [6.07, 6.45) is 1.94. The van der Waals surface area contributed by atoms with Gasteiger partial charge in [0, 0.05) is 49.4 Å². The third-order valence-corrected chi connectivity index (χ3v) is 6.53. The van der Waals surface area contributed by atoms with Gasteiger partial charge in [0.25, 0.3) is 0 Å². The van der Waals surface area contributed by atoms with Crippen molar-refractivity contribution in [2.75, 3.05) is 45.3 Å². The summed E-state index contributed by atoms with van der Waals surface area (Å²) in [5.74, 6) is 1.38. The second kappa shape index (κ2) is 10.3. The molecule has 0 aliphatic carbocycles. The van der Waals surface area contributed by atoms with E-state index in [4.69, 9.17) is 14.6 Å². The molecule has 0 aromatic heterocycles. The van der Waals surface area contributed by atoms with Gasteiger partial charge in [0.05, 0.1) is 26.0 Å². The maximum Gasteiger partial charge on any atom is 0.242 e. The number of benzene rings is 2. The van der Waals surface area contributed by atoms with Gasteiger partial charge in [-0.3, -0.25) is 4.79 Å². The number of nitrogens with zero attached hydrogens (tertiary/aromatic N) is 3. The van der Waals surface area contributed by atoms with E-state index in [9.17, 15) is 4.79 Å². The first kappa shape index (κ1) is 23.1. The van der Waals surface area contributed by atoms with Crippen molar-refractivity contribution in [3.63, 3.8) is 0 Å². The summed E-state index contributed by atoms with van der Waals surface area (Å²) in [5, 5.41) is 10.1. The number of nitrogens with one attached hydrogen (secondary N) is 1. The largest absolute Gasteiger partial charge is 0.493 e. The molecule has 0 radical (unpaired) electrons. The zero-order chi connectivity index (χ0) is 23.4. The Morgan fingerprint density at radius 1 is 1.06 bits per heavy atom. The van der Waals surface area contributed by atoms with E-state index in [0.29, 0.717) is 24.3 Å². The van der Waals surface area contributed by atoms with Crippen LogP contribution in [0, 0.1) is 0 Å². The van der Waals surface area contributed by atoms with E-state index in [0.717, 1.165) is 55.0 Å². The first-order valence-corrected chi connectivity index (χ1v) is 11.8. The van der Waals surface area contributed by atoms with Crippen LogP contribution in [-0.2, 0) is 11.2 Å². The van der Waals surface area contributed by atoms with Crippen molar-refractivity contribution in [3.05, 3.63) is 53.1 Å². The molecule has 0 spiro atoms. The number of ether oxygens (including phenoxy) is 2. The molecule has 33 heavy (non-hydrogen) atoms. The molecule has 2 aromatic carbocycles. The van der Waals surface area contributed by atoms with Crippen LogP contribution in [0.15, 0.2) is 41.5 Å². The highest BCUT2D eigenvalue weighted by atomic mass is 16.5. The van der Waals surface area contributed by atoms with Crippen LogP contribution in [0.1, 0.15) is 43.4 Å². The van der Waals surface area contributed by atoms with Gasteiger partial charge in [0.1, 0.15) is 0 Å². The summed E-state index contributed by atoms with van der Waals surface area (Å²) in [5.41, 5.74) is 5.06. The molecule has 2 heterocycles. The molecule has 0 bridgehead atoms. The molecule has 2 aromatic rings. The number of hydrogen-bond acceptors (Lipinski definition) is 6. The molecular weight excluding hydrogens is 416 g/mol. The predicted octanol–water partition coefficient (Wildman–Crippen LogP) is 3.44. The molecular formula is C26H34N4O3. The fourth-order valence-corrected chi connectivity index (χ4v) is 4.60. The second-order valence-corrected chi connectivity index (χ2v) is 8.45. The summed E-state index contributed by atoms with van der Waals surface area (Å²) < 4.78 is 11.2. The maximum absolute atomic E-state index is 12.9. The molecule has 1 amide bonds. The number of hydrogen-bond donors (Lipinski definition) is 1. The van der Waals surface area contributed by atoms with Gasteiger partial charge < -0.3 is 19.7 Å². The van der Waals surface area contributed by atoms with Gasteiger partial charge in [-0.05, 0) is 42.7 Å². The van der Waals surface area contributed by atoms with Crippen LogP contribution in [0.2, 0.25) is 0 Å². The molecule has 7 nitrogen and oxygen atoms in total. The lowest BCUT2D eigenvalue weighted by Crippen LogP contribution is -2.43. The Bertz CT molecular complexity index is 1010. The van der Waals surface area contributed by atoms with E-state index in [1.165, 1.54) is 5.69 Å². The average molecular weight is 451 g/mol. The van der Waals surface area contributed by atoms with Crippen LogP contribution < -0.4 is 19.7 Å². The third kappa shape index (κ3) is 4.69. The monoisotopic (exact) mass is 450 g/mol. The Morgan fingerprint density at radius 3 is 2.33 bits per heavy atom. The topological polar surface area (TPSA) is 66.4 Å². The van der Waals surface area contributed by atoms with Gasteiger partial charge in [-0.2, -0.15) is 5.10 Å². The van der Waals surface area contributed by atoms with Gasteiger partial charge >= 0.3 is 0 Å². The number of amides is 1. The third-order valence-electron chi connectivity index (χ3n) is 6.53. The minimum Gasteiger partial charge on any atom is -0.493 e. The molecule has 4 rings (SSSR count). The SMILES string of the molecule is CCC(=O)N1N=C(c2ccc(N3CCNCC3)cc2)c2cc(OC)c(OC)cc2C[C@H]1CC. The summed E-state index contributed by atoms with van der Waals surface area (Å²) >= 11 is 0. The fraction of sp³-hybridized carbons (Fsp3) is 0.462. The molecule has 7 heteroatoms. The molecule has 1 N–H and O–H groups in total. The number of rotatable bonds is 6. The van der Waals surface area contributed by atoms with Crippen LogP contribution in [-0.4, -0.2) is 63.1 Å². The first-order valence-electron chi connectivity index (χ1n) is 11.8. The number of carbonyl (C=O) groups is 1. The number of anilines is 1. The molecule has 2 aliphatic heterocycles. The number of hydrazone groups is 1. The number of carbonyl (C=O) groups excluding carboxylic acids is 1. The molecule has 1 atom stereocenters. The number of fused-ring (bicyclic) bond motifs is 1. The second-order valence-electron chi connectivity index (χ2n) is 8.45. The minimum atomic E-state index is -0.00748. The summed E-state index contributed by atoms with van der Waals surface area (Å²) in [6.45, 7) is 7.97. The van der Waals surface area contributed by atoms with Crippen LogP contribution in [0.25, 0.3) is 0 Å². The molecule has 1 saturated heterocycles. The van der Waals surface area contributed by atoms with E-state index in [1.54, 1.807) is 19.2 Å². The number of methoxy groups -OCH3 is 2. The Morgan fingerprint density at radius 2 is 1.73 bits per heavy atom. The summed E-state index contributed by atoms with van der Waals surface area (Å²) in [7, 11) is 3.29. The smallest absolute Gasteiger partial charge is 0.242 e. The Labute approximate surface area is 196 Å². The van der Waals surface area contributed by atoms with Crippen molar-refractivity contribution >= 4 is 17.3 Å². The van der Waals surface area contributed by atoms with Gasteiger partial charge in [-0.25, -0.2) is 5.01 Å². The van der Waals surface area contributed by atoms with Gasteiger partial charge in [0.15, 0.2) is 11.5 Å². The molecule has 0 unspecified atom stereocenters. The minimum absolute atomic E-state index is 0.00748. The normalized spacial score (nSPS) is 18.3. The fourth-order valence-electron chi connectivity index (χ4n) is 4.60. The zero-order valence-electron chi connectivity index (χ0n) is 20.1. The van der Waals surface area contributed by atoms with Gasteiger partial charge in [-0.15, -0.1) is 0 Å². The Balaban J connectivity index is 1.82. The lowest BCUT2D eigenvalue weighted by Gasteiger charge is -2.29. The lowest BCUT2D eigenvalue weighted by atomic mass is 9.93. The Hall–Kier alpha value is -3.06.